The van der Waals surface area contributed by atoms with Gasteiger partial charge in [0.05, 0.1) is 18.5 Å². The summed E-state index contributed by atoms with van der Waals surface area (Å²) in [6.07, 6.45) is 1.34. The molecule has 1 saturated heterocycles. The highest BCUT2D eigenvalue weighted by Crippen LogP contribution is 2.24. The summed E-state index contributed by atoms with van der Waals surface area (Å²) in [5.74, 6) is 1.22. The van der Waals surface area contributed by atoms with Crippen LogP contribution in [0.4, 0.5) is 4.79 Å². The maximum Gasteiger partial charge on any atom is 0.410 e. The Hall–Kier alpha value is -2.55. The van der Waals surface area contributed by atoms with Crippen molar-refractivity contribution in [2.45, 2.75) is 32.9 Å². The van der Waals surface area contributed by atoms with E-state index in [1.807, 2.05) is 43.2 Å². The summed E-state index contributed by atoms with van der Waals surface area (Å²) in [6, 6.07) is 3.72. The van der Waals surface area contributed by atoms with Crippen LogP contribution in [0.15, 0.2) is 33.2 Å². The largest absolute Gasteiger partial charge is 0.462 e. The van der Waals surface area contributed by atoms with E-state index in [4.69, 9.17) is 14.9 Å². The van der Waals surface area contributed by atoms with E-state index in [0.29, 0.717) is 38.7 Å². The van der Waals surface area contributed by atoms with E-state index in [1.165, 1.54) is 11.3 Å². The molecule has 1 amide bonds. The SMILES string of the molecule is CC(C)(C)OC(=O)N1CCN(C(N)=NCc2csc(-c3ccco3)n2)CC1. The van der Waals surface area contributed by atoms with Gasteiger partial charge in [0.15, 0.2) is 16.7 Å². The number of ether oxygens (including phenoxy) is 1. The van der Waals surface area contributed by atoms with E-state index in [2.05, 4.69) is 9.98 Å². The second-order valence-electron chi connectivity index (χ2n) is 7.25. The normalized spacial score (nSPS) is 15.9. The molecule has 0 aliphatic carbocycles. The number of carbonyl (C=O) groups excluding carboxylic acids is 1. The standard InChI is InChI=1S/C18H25N5O3S/c1-18(2,3)26-17(24)23-8-6-22(7-9-23)16(19)20-11-13-12-27-15(21-13)14-5-4-10-25-14/h4-5,10,12H,6-9,11H2,1-3H3,(H2,19,20). The van der Waals surface area contributed by atoms with Crippen LogP contribution >= 0.6 is 11.3 Å². The minimum absolute atomic E-state index is 0.286. The van der Waals surface area contributed by atoms with E-state index < -0.39 is 5.60 Å². The molecule has 0 saturated carbocycles. The number of aromatic nitrogens is 1. The second-order valence-corrected chi connectivity index (χ2v) is 8.11. The van der Waals surface area contributed by atoms with Crippen LogP contribution in [0.25, 0.3) is 10.8 Å². The first-order valence-electron chi connectivity index (χ1n) is 8.83. The van der Waals surface area contributed by atoms with E-state index in [0.717, 1.165) is 16.5 Å². The lowest BCUT2D eigenvalue weighted by Crippen LogP contribution is -2.53. The zero-order chi connectivity index (χ0) is 19.4. The summed E-state index contributed by atoms with van der Waals surface area (Å²) in [4.78, 5) is 24.7. The fraction of sp³-hybridized carbons (Fsp3) is 0.500. The molecule has 1 fully saturated rings. The Balaban J connectivity index is 1.50. The lowest BCUT2D eigenvalue weighted by molar-refractivity contribution is 0.0186. The predicted molar refractivity (Wildman–Crippen MR) is 105 cm³/mol. The number of furan rings is 1. The smallest absolute Gasteiger partial charge is 0.410 e. The molecule has 1 aliphatic rings. The van der Waals surface area contributed by atoms with Gasteiger partial charge in [0.1, 0.15) is 5.60 Å². The Kier molecular flexibility index (Phi) is 5.69. The average molecular weight is 391 g/mol. The number of aliphatic imine (C=N–C) groups is 1. The van der Waals surface area contributed by atoms with Crippen LogP contribution in [-0.4, -0.2) is 58.6 Å². The first kappa shape index (κ1) is 19.2. The van der Waals surface area contributed by atoms with Crippen LogP contribution in [-0.2, 0) is 11.3 Å². The fourth-order valence-corrected chi connectivity index (χ4v) is 3.38. The van der Waals surface area contributed by atoms with Crippen molar-refractivity contribution >= 4 is 23.4 Å². The number of amides is 1. The number of nitrogens with zero attached hydrogens (tertiary/aromatic N) is 4. The third kappa shape index (κ3) is 5.22. The number of hydrogen-bond donors (Lipinski definition) is 1. The van der Waals surface area contributed by atoms with E-state index in [-0.39, 0.29) is 6.09 Å². The molecule has 0 bridgehead atoms. The van der Waals surface area contributed by atoms with Crippen LogP contribution in [0, 0.1) is 0 Å². The molecule has 2 aromatic rings. The van der Waals surface area contributed by atoms with Crippen molar-refractivity contribution in [3.63, 3.8) is 0 Å². The number of piperazine rings is 1. The lowest BCUT2D eigenvalue weighted by Gasteiger charge is -2.36. The number of thiazole rings is 1. The molecule has 0 radical (unpaired) electrons. The number of hydrogen-bond acceptors (Lipinski definition) is 6. The lowest BCUT2D eigenvalue weighted by atomic mass is 10.2. The number of carbonyl (C=O) groups is 1. The minimum atomic E-state index is -0.489. The van der Waals surface area contributed by atoms with Gasteiger partial charge in [-0.2, -0.15) is 0 Å². The van der Waals surface area contributed by atoms with Crippen molar-refractivity contribution in [1.82, 2.24) is 14.8 Å². The molecule has 0 unspecified atom stereocenters. The van der Waals surface area contributed by atoms with Crippen molar-refractivity contribution < 1.29 is 13.9 Å². The molecule has 2 aromatic heterocycles. The van der Waals surface area contributed by atoms with Crippen molar-refractivity contribution in [3.05, 3.63) is 29.5 Å². The first-order valence-corrected chi connectivity index (χ1v) is 9.71. The molecule has 0 atom stereocenters. The Labute approximate surface area is 162 Å². The van der Waals surface area contributed by atoms with Crippen LogP contribution in [0.5, 0.6) is 0 Å². The Bertz CT molecular complexity index is 786. The summed E-state index contributed by atoms with van der Waals surface area (Å²) >= 11 is 1.52. The molecule has 9 heteroatoms. The van der Waals surface area contributed by atoms with Crippen molar-refractivity contribution in [3.8, 4) is 10.8 Å². The highest BCUT2D eigenvalue weighted by atomic mass is 32.1. The zero-order valence-electron chi connectivity index (χ0n) is 15.8. The van der Waals surface area contributed by atoms with Gasteiger partial charge in [-0.1, -0.05) is 0 Å². The summed E-state index contributed by atoms with van der Waals surface area (Å²) in [6.45, 7) is 8.38. The molecule has 146 valence electrons. The molecule has 8 nitrogen and oxygen atoms in total. The zero-order valence-corrected chi connectivity index (χ0v) is 16.7. The molecule has 1 aliphatic heterocycles. The van der Waals surface area contributed by atoms with E-state index >= 15 is 0 Å². The van der Waals surface area contributed by atoms with Gasteiger partial charge in [-0.15, -0.1) is 11.3 Å². The topological polar surface area (TPSA) is 97.2 Å². The summed E-state index contributed by atoms with van der Waals surface area (Å²) in [5.41, 5.74) is 6.48. The molecule has 0 spiro atoms. The molecule has 3 rings (SSSR count). The monoisotopic (exact) mass is 391 g/mol. The van der Waals surface area contributed by atoms with Gasteiger partial charge in [-0.25, -0.2) is 14.8 Å². The third-order valence-corrected chi connectivity index (χ3v) is 4.85. The number of guanidine groups is 1. The maximum atomic E-state index is 12.1. The molecule has 2 N–H and O–H groups in total. The van der Waals surface area contributed by atoms with Crippen molar-refractivity contribution in [2.24, 2.45) is 10.7 Å². The van der Waals surface area contributed by atoms with Gasteiger partial charge in [0, 0.05) is 31.6 Å². The van der Waals surface area contributed by atoms with Crippen molar-refractivity contribution in [2.75, 3.05) is 26.2 Å². The van der Waals surface area contributed by atoms with Crippen LogP contribution < -0.4 is 5.73 Å². The van der Waals surface area contributed by atoms with Gasteiger partial charge in [-0.3, -0.25) is 0 Å². The summed E-state index contributed by atoms with van der Waals surface area (Å²) in [7, 11) is 0. The predicted octanol–water partition coefficient (Wildman–Crippen LogP) is 2.77. The molecular formula is C18H25N5O3S. The summed E-state index contributed by atoms with van der Waals surface area (Å²) in [5, 5.41) is 2.78. The van der Waals surface area contributed by atoms with Gasteiger partial charge < -0.3 is 24.7 Å². The maximum absolute atomic E-state index is 12.1. The fourth-order valence-electron chi connectivity index (χ4n) is 2.60. The second kappa shape index (κ2) is 7.99. The molecule has 0 aromatic carbocycles. The average Bonchev–Trinajstić information content (AvgIpc) is 3.29. The Morgan fingerprint density at radius 2 is 2.04 bits per heavy atom. The quantitative estimate of drug-likeness (QED) is 0.638. The number of nitrogens with two attached hydrogens (primary N) is 1. The highest BCUT2D eigenvalue weighted by molar-refractivity contribution is 7.13. The molecule has 3 heterocycles. The van der Waals surface area contributed by atoms with Crippen molar-refractivity contribution in [1.29, 1.82) is 0 Å². The summed E-state index contributed by atoms with van der Waals surface area (Å²) < 4.78 is 10.8. The van der Waals surface area contributed by atoms with Gasteiger partial charge in [0.25, 0.3) is 0 Å². The minimum Gasteiger partial charge on any atom is -0.462 e. The van der Waals surface area contributed by atoms with E-state index in [9.17, 15) is 4.79 Å². The number of rotatable bonds is 3. The van der Waals surface area contributed by atoms with Gasteiger partial charge >= 0.3 is 6.09 Å². The Morgan fingerprint density at radius 1 is 1.33 bits per heavy atom. The van der Waals surface area contributed by atoms with Gasteiger partial charge in [0.2, 0.25) is 0 Å². The molecule has 27 heavy (non-hydrogen) atoms. The van der Waals surface area contributed by atoms with Crippen LogP contribution in [0.2, 0.25) is 0 Å². The molecular weight excluding hydrogens is 366 g/mol. The first-order chi connectivity index (χ1) is 12.8. The van der Waals surface area contributed by atoms with Gasteiger partial charge in [-0.05, 0) is 32.9 Å². The highest BCUT2D eigenvalue weighted by Gasteiger charge is 2.26. The van der Waals surface area contributed by atoms with E-state index in [1.54, 1.807) is 11.2 Å². The third-order valence-electron chi connectivity index (χ3n) is 3.94. The Morgan fingerprint density at radius 3 is 2.67 bits per heavy atom. The van der Waals surface area contributed by atoms with Crippen LogP contribution in [0.3, 0.4) is 0 Å². The van der Waals surface area contributed by atoms with Crippen LogP contribution in [0.1, 0.15) is 26.5 Å².